The SMILES string of the molecule is CCCCOCCOc1c(Br)cc(CNC)cc1OCC. The Bertz CT molecular complexity index is 413. The molecule has 1 N–H and O–H groups in total. The summed E-state index contributed by atoms with van der Waals surface area (Å²) in [5.41, 5.74) is 1.15. The van der Waals surface area contributed by atoms with Gasteiger partial charge in [0.1, 0.15) is 6.61 Å². The van der Waals surface area contributed by atoms with Gasteiger partial charge in [0, 0.05) is 13.2 Å². The number of rotatable bonds is 11. The molecule has 0 aliphatic carbocycles. The summed E-state index contributed by atoms with van der Waals surface area (Å²) < 4.78 is 17.9. The van der Waals surface area contributed by atoms with E-state index in [4.69, 9.17) is 14.2 Å². The van der Waals surface area contributed by atoms with Crippen LogP contribution in [0, 0.1) is 0 Å². The number of ether oxygens (including phenoxy) is 3. The van der Waals surface area contributed by atoms with Gasteiger partial charge in [-0.2, -0.15) is 0 Å². The van der Waals surface area contributed by atoms with E-state index in [1.807, 2.05) is 26.1 Å². The highest BCUT2D eigenvalue weighted by Gasteiger charge is 2.12. The van der Waals surface area contributed by atoms with Gasteiger partial charge < -0.3 is 19.5 Å². The quantitative estimate of drug-likeness (QED) is 0.610. The highest BCUT2D eigenvalue weighted by molar-refractivity contribution is 9.10. The monoisotopic (exact) mass is 359 g/mol. The van der Waals surface area contributed by atoms with Gasteiger partial charge in [0.2, 0.25) is 0 Å². The Kier molecular flexibility index (Phi) is 9.46. The number of nitrogens with one attached hydrogen (secondary N) is 1. The smallest absolute Gasteiger partial charge is 0.175 e. The summed E-state index contributed by atoms with van der Waals surface area (Å²) in [6.45, 7) is 7.43. The van der Waals surface area contributed by atoms with Gasteiger partial charge in [0.25, 0.3) is 0 Å². The molecule has 4 nitrogen and oxygen atoms in total. The lowest BCUT2D eigenvalue weighted by atomic mass is 10.2. The molecule has 0 spiro atoms. The highest BCUT2D eigenvalue weighted by atomic mass is 79.9. The fourth-order valence-electron chi connectivity index (χ4n) is 1.88. The summed E-state index contributed by atoms with van der Waals surface area (Å²) in [5.74, 6) is 1.52. The molecule has 0 radical (unpaired) electrons. The van der Waals surface area contributed by atoms with E-state index in [1.54, 1.807) is 0 Å². The van der Waals surface area contributed by atoms with Gasteiger partial charge in [0.15, 0.2) is 11.5 Å². The molecule has 1 aromatic carbocycles. The van der Waals surface area contributed by atoms with Crippen molar-refractivity contribution in [3.8, 4) is 11.5 Å². The van der Waals surface area contributed by atoms with Gasteiger partial charge >= 0.3 is 0 Å². The normalized spacial score (nSPS) is 10.7. The topological polar surface area (TPSA) is 39.7 Å². The number of halogens is 1. The van der Waals surface area contributed by atoms with Crippen LogP contribution in [0.15, 0.2) is 16.6 Å². The molecule has 1 rings (SSSR count). The second-order valence-corrected chi connectivity index (χ2v) is 5.54. The number of unbranched alkanes of at least 4 members (excludes halogenated alkanes) is 1. The molecule has 0 heterocycles. The molecule has 0 aliphatic heterocycles. The van der Waals surface area contributed by atoms with E-state index in [0.29, 0.717) is 19.8 Å². The molecule has 120 valence electrons. The van der Waals surface area contributed by atoms with Crippen molar-refractivity contribution in [3.63, 3.8) is 0 Å². The average Bonchev–Trinajstić information content (AvgIpc) is 2.45. The first kappa shape index (κ1) is 18.3. The average molecular weight is 360 g/mol. The number of benzene rings is 1. The number of hydrogen-bond donors (Lipinski definition) is 1. The van der Waals surface area contributed by atoms with Crippen LogP contribution in [0.4, 0.5) is 0 Å². The lowest BCUT2D eigenvalue weighted by Gasteiger charge is -2.15. The van der Waals surface area contributed by atoms with E-state index in [0.717, 1.165) is 47.5 Å². The summed E-state index contributed by atoms with van der Waals surface area (Å²) in [7, 11) is 1.92. The van der Waals surface area contributed by atoms with Crippen LogP contribution in [0.3, 0.4) is 0 Å². The Hall–Kier alpha value is -0.780. The van der Waals surface area contributed by atoms with Gasteiger partial charge in [0.05, 0.1) is 17.7 Å². The van der Waals surface area contributed by atoms with Crippen molar-refractivity contribution >= 4 is 15.9 Å². The zero-order chi connectivity index (χ0) is 15.5. The Morgan fingerprint density at radius 1 is 1.10 bits per heavy atom. The van der Waals surface area contributed by atoms with Crippen LogP contribution in [0.1, 0.15) is 32.3 Å². The summed E-state index contributed by atoms with van der Waals surface area (Å²) >= 11 is 3.56. The molecule has 0 unspecified atom stereocenters. The Morgan fingerprint density at radius 2 is 1.90 bits per heavy atom. The minimum atomic E-state index is 0.522. The van der Waals surface area contributed by atoms with Crippen molar-refractivity contribution in [2.24, 2.45) is 0 Å². The molecule has 21 heavy (non-hydrogen) atoms. The molecular formula is C16H26BrNO3. The third-order valence-electron chi connectivity index (χ3n) is 2.87. The first-order valence-electron chi connectivity index (χ1n) is 7.53. The van der Waals surface area contributed by atoms with Crippen LogP contribution in [0.2, 0.25) is 0 Å². The van der Waals surface area contributed by atoms with Crippen LogP contribution in [0.25, 0.3) is 0 Å². The van der Waals surface area contributed by atoms with Crippen molar-refractivity contribution in [1.82, 2.24) is 5.32 Å². The maximum atomic E-state index is 5.82. The fourth-order valence-corrected chi connectivity index (χ4v) is 2.49. The minimum absolute atomic E-state index is 0.522. The third kappa shape index (κ3) is 6.68. The van der Waals surface area contributed by atoms with Crippen molar-refractivity contribution in [3.05, 3.63) is 22.2 Å². The van der Waals surface area contributed by atoms with E-state index >= 15 is 0 Å². The number of hydrogen-bond acceptors (Lipinski definition) is 4. The Morgan fingerprint density at radius 3 is 2.57 bits per heavy atom. The predicted molar refractivity (Wildman–Crippen MR) is 89.3 cm³/mol. The zero-order valence-electron chi connectivity index (χ0n) is 13.2. The molecule has 0 aliphatic rings. The van der Waals surface area contributed by atoms with E-state index in [1.165, 1.54) is 0 Å². The molecule has 0 atom stereocenters. The van der Waals surface area contributed by atoms with Gasteiger partial charge in [-0.15, -0.1) is 0 Å². The summed E-state index contributed by atoms with van der Waals surface area (Å²) in [5, 5.41) is 3.13. The summed E-state index contributed by atoms with van der Waals surface area (Å²) in [6, 6.07) is 4.06. The molecule has 1 aromatic rings. The first-order valence-corrected chi connectivity index (χ1v) is 8.32. The van der Waals surface area contributed by atoms with E-state index in [2.05, 4.69) is 28.2 Å². The van der Waals surface area contributed by atoms with Crippen LogP contribution in [0.5, 0.6) is 11.5 Å². The van der Waals surface area contributed by atoms with Gasteiger partial charge in [-0.3, -0.25) is 0 Å². The maximum Gasteiger partial charge on any atom is 0.175 e. The van der Waals surface area contributed by atoms with Gasteiger partial charge in [-0.05, 0) is 54.0 Å². The second kappa shape index (κ2) is 10.9. The predicted octanol–water partition coefficient (Wildman–Crippen LogP) is 3.76. The van der Waals surface area contributed by atoms with Crippen molar-refractivity contribution in [1.29, 1.82) is 0 Å². The van der Waals surface area contributed by atoms with Crippen LogP contribution >= 0.6 is 15.9 Å². The van der Waals surface area contributed by atoms with Crippen LogP contribution in [-0.4, -0.2) is 33.5 Å². The Labute approximate surface area is 136 Å². The maximum absolute atomic E-state index is 5.82. The molecule has 0 amide bonds. The largest absolute Gasteiger partial charge is 0.490 e. The van der Waals surface area contributed by atoms with E-state index in [9.17, 15) is 0 Å². The molecular weight excluding hydrogens is 334 g/mol. The van der Waals surface area contributed by atoms with Crippen molar-refractivity contribution < 1.29 is 14.2 Å². The lowest BCUT2D eigenvalue weighted by molar-refractivity contribution is 0.0964. The first-order chi connectivity index (χ1) is 10.2. The summed E-state index contributed by atoms with van der Waals surface area (Å²) in [4.78, 5) is 0. The molecule has 0 bridgehead atoms. The summed E-state index contributed by atoms with van der Waals surface area (Å²) in [6.07, 6.45) is 2.24. The highest BCUT2D eigenvalue weighted by Crippen LogP contribution is 2.36. The van der Waals surface area contributed by atoms with E-state index in [-0.39, 0.29) is 0 Å². The van der Waals surface area contributed by atoms with Crippen molar-refractivity contribution in [2.75, 3.05) is 33.5 Å². The molecule has 0 fully saturated rings. The third-order valence-corrected chi connectivity index (χ3v) is 3.46. The standard InChI is InChI=1S/C16H26BrNO3/c1-4-6-7-19-8-9-21-16-14(17)10-13(12-18-3)11-15(16)20-5-2/h10-11,18H,4-9,12H2,1-3H3. The fraction of sp³-hybridized carbons (Fsp3) is 0.625. The van der Waals surface area contributed by atoms with Crippen LogP contribution < -0.4 is 14.8 Å². The second-order valence-electron chi connectivity index (χ2n) is 4.68. The Balaban J connectivity index is 2.62. The van der Waals surface area contributed by atoms with E-state index < -0.39 is 0 Å². The zero-order valence-corrected chi connectivity index (χ0v) is 14.8. The molecule has 0 saturated heterocycles. The minimum Gasteiger partial charge on any atom is -0.490 e. The molecule has 5 heteroatoms. The van der Waals surface area contributed by atoms with Crippen molar-refractivity contribution in [2.45, 2.75) is 33.2 Å². The molecule has 0 saturated carbocycles. The lowest BCUT2D eigenvalue weighted by Crippen LogP contribution is -2.10. The van der Waals surface area contributed by atoms with Gasteiger partial charge in [-0.25, -0.2) is 0 Å². The van der Waals surface area contributed by atoms with Gasteiger partial charge in [-0.1, -0.05) is 13.3 Å². The van der Waals surface area contributed by atoms with Crippen LogP contribution in [-0.2, 0) is 11.3 Å². The molecule has 0 aromatic heterocycles.